The summed E-state index contributed by atoms with van der Waals surface area (Å²) in [5.74, 6) is 0.341. The molecule has 1 aliphatic rings. The zero-order chi connectivity index (χ0) is 12.0. The van der Waals surface area contributed by atoms with E-state index in [1.165, 1.54) is 6.42 Å². The summed E-state index contributed by atoms with van der Waals surface area (Å²) in [4.78, 5) is 14.0. The van der Waals surface area contributed by atoms with Crippen LogP contribution < -0.4 is 5.32 Å². The molecule has 0 spiro atoms. The van der Waals surface area contributed by atoms with Crippen LogP contribution in [0.2, 0.25) is 0 Å². The molecule has 0 atom stereocenters. The topological polar surface area (TPSA) is 32.3 Å². The van der Waals surface area contributed by atoms with Crippen LogP contribution in [0, 0.1) is 5.41 Å². The highest BCUT2D eigenvalue weighted by Gasteiger charge is 2.24. The van der Waals surface area contributed by atoms with Gasteiger partial charge in [0.05, 0.1) is 0 Å². The predicted octanol–water partition coefficient (Wildman–Crippen LogP) is 2.45. The van der Waals surface area contributed by atoms with Crippen molar-refractivity contribution in [1.29, 1.82) is 0 Å². The van der Waals surface area contributed by atoms with Crippen LogP contribution in [0.3, 0.4) is 0 Å². The van der Waals surface area contributed by atoms with Crippen LogP contribution in [0.1, 0.15) is 46.0 Å². The van der Waals surface area contributed by atoms with Crippen LogP contribution >= 0.6 is 12.4 Å². The second-order valence-electron chi connectivity index (χ2n) is 5.61. The molecule has 1 saturated heterocycles. The molecule has 4 heteroatoms. The molecule has 1 rings (SSSR count). The number of nitrogens with one attached hydrogen (secondary N) is 1. The van der Waals surface area contributed by atoms with Crippen molar-refractivity contribution < 1.29 is 4.79 Å². The van der Waals surface area contributed by atoms with Gasteiger partial charge in [-0.05, 0) is 44.7 Å². The summed E-state index contributed by atoms with van der Waals surface area (Å²) >= 11 is 0. The standard InChI is InChI=1S/C13H26N2O.ClH/c1-13(2)7-5-10-15(11-8-13)12(16)6-4-9-14-3;/h14H,4-11H2,1-3H3;1H. The number of nitrogens with zero attached hydrogens (tertiary/aromatic N) is 1. The Morgan fingerprint density at radius 3 is 2.65 bits per heavy atom. The second-order valence-corrected chi connectivity index (χ2v) is 5.61. The van der Waals surface area contributed by atoms with Gasteiger partial charge in [-0.3, -0.25) is 4.79 Å². The lowest BCUT2D eigenvalue weighted by Gasteiger charge is -2.23. The number of amides is 1. The maximum Gasteiger partial charge on any atom is 0.222 e. The van der Waals surface area contributed by atoms with E-state index in [1.54, 1.807) is 0 Å². The van der Waals surface area contributed by atoms with Crippen molar-refractivity contribution in [3.63, 3.8) is 0 Å². The van der Waals surface area contributed by atoms with E-state index in [0.29, 0.717) is 17.7 Å². The van der Waals surface area contributed by atoms with E-state index in [9.17, 15) is 4.79 Å². The Morgan fingerprint density at radius 2 is 2.00 bits per heavy atom. The third-order valence-corrected chi connectivity index (χ3v) is 3.51. The Morgan fingerprint density at radius 1 is 1.29 bits per heavy atom. The molecule has 0 bridgehead atoms. The molecule has 3 nitrogen and oxygen atoms in total. The maximum absolute atomic E-state index is 11.9. The van der Waals surface area contributed by atoms with E-state index >= 15 is 0 Å². The molecule has 0 aliphatic carbocycles. The van der Waals surface area contributed by atoms with E-state index in [-0.39, 0.29) is 12.4 Å². The molecule has 0 radical (unpaired) electrons. The average Bonchev–Trinajstić information content (AvgIpc) is 2.39. The number of hydrogen-bond acceptors (Lipinski definition) is 2. The van der Waals surface area contributed by atoms with Crippen molar-refractivity contribution in [2.45, 2.75) is 46.0 Å². The fourth-order valence-corrected chi connectivity index (χ4v) is 2.25. The third-order valence-electron chi connectivity index (χ3n) is 3.51. The van der Waals surface area contributed by atoms with E-state index in [4.69, 9.17) is 0 Å². The Kier molecular flexibility index (Phi) is 7.80. The molecule has 0 saturated carbocycles. The zero-order valence-electron chi connectivity index (χ0n) is 11.4. The van der Waals surface area contributed by atoms with Crippen LogP contribution in [-0.2, 0) is 4.79 Å². The van der Waals surface area contributed by atoms with Gasteiger partial charge < -0.3 is 10.2 Å². The average molecular weight is 263 g/mol. The number of rotatable bonds is 4. The molecule has 1 N–H and O–H groups in total. The summed E-state index contributed by atoms with van der Waals surface area (Å²) in [7, 11) is 1.93. The largest absolute Gasteiger partial charge is 0.343 e. The molecule has 0 unspecified atom stereocenters. The second kappa shape index (κ2) is 7.93. The van der Waals surface area contributed by atoms with Gasteiger partial charge in [-0.15, -0.1) is 12.4 Å². The first-order chi connectivity index (χ1) is 7.55. The predicted molar refractivity (Wildman–Crippen MR) is 74.6 cm³/mol. The fraction of sp³-hybridized carbons (Fsp3) is 0.923. The summed E-state index contributed by atoms with van der Waals surface area (Å²) < 4.78 is 0. The smallest absolute Gasteiger partial charge is 0.222 e. The van der Waals surface area contributed by atoms with Gasteiger partial charge in [0.15, 0.2) is 0 Å². The maximum atomic E-state index is 11.9. The molecule has 17 heavy (non-hydrogen) atoms. The molecular formula is C13H27ClN2O. The van der Waals surface area contributed by atoms with Crippen molar-refractivity contribution in [3.8, 4) is 0 Å². The molecule has 0 aromatic heterocycles. The zero-order valence-corrected chi connectivity index (χ0v) is 12.2. The van der Waals surface area contributed by atoms with E-state index in [1.807, 2.05) is 7.05 Å². The van der Waals surface area contributed by atoms with Gasteiger partial charge >= 0.3 is 0 Å². The van der Waals surface area contributed by atoms with Gasteiger partial charge in [0.25, 0.3) is 0 Å². The van der Waals surface area contributed by atoms with Gasteiger partial charge in [-0.2, -0.15) is 0 Å². The quantitative estimate of drug-likeness (QED) is 0.790. The molecule has 1 heterocycles. The van der Waals surface area contributed by atoms with Crippen LogP contribution in [-0.4, -0.2) is 37.5 Å². The summed E-state index contributed by atoms with van der Waals surface area (Å²) in [6, 6.07) is 0. The van der Waals surface area contributed by atoms with Crippen LogP contribution in [0.25, 0.3) is 0 Å². The molecule has 102 valence electrons. The van der Waals surface area contributed by atoms with E-state index < -0.39 is 0 Å². The van der Waals surface area contributed by atoms with Crippen LogP contribution in [0.4, 0.5) is 0 Å². The molecule has 0 aromatic rings. The fourth-order valence-electron chi connectivity index (χ4n) is 2.25. The van der Waals surface area contributed by atoms with Gasteiger partial charge in [-0.25, -0.2) is 0 Å². The van der Waals surface area contributed by atoms with Crippen molar-refractivity contribution >= 4 is 18.3 Å². The number of carbonyl (C=O) groups is 1. The number of carbonyl (C=O) groups excluding carboxylic acids is 1. The Balaban J connectivity index is 0.00000256. The van der Waals surface area contributed by atoms with E-state index in [0.717, 1.165) is 38.9 Å². The summed E-state index contributed by atoms with van der Waals surface area (Å²) in [5, 5.41) is 3.08. The van der Waals surface area contributed by atoms with Gasteiger partial charge in [0.1, 0.15) is 0 Å². The summed E-state index contributed by atoms with van der Waals surface area (Å²) in [6.45, 7) is 7.46. The van der Waals surface area contributed by atoms with Gasteiger partial charge in [-0.1, -0.05) is 13.8 Å². The first-order valence-electron chi connectivity index (χ1n) is 6.47. The minimum absolute atomic E-state index is 0. The monoisotopic (exact) mass is 262 g/mol. The molecule has 0 aromatic carbocycles. The molecule has 1 aliphatic heterocycles. The minimum Gasteiger partial charge on any atom is -0.343 e. The first-order valence-corrected chi connectivity index (χ1v) is 6.47. The Bertz CT molecular complexity index is 231. The number of likely N-dealkylation sites (tertiary alicyclic amines) is 1. The highest BCUT2D eigenvalue weighted by atomic mass is 35.5. The number of halogens is 1. The summed E-state index contributed by atoms with van der Waals surface area (Å²) in [5.41, 5.74) is 0.417. The lowest BCUT2D eigenvalue weighted by molar-refractivity contribution is -0.131. The highest BCUT2D eigenvalue weighted by molar-refractivity contribution is 5.85. The van der Waals surface area contributed by atoms with Crippen molar-refractivity contribution in [3.05, 3.63) is 0 Å². The summed E-state index contributed by atoms with van der Waals surface area (Å²) in [6.07, 6.45) is 5.19. The Labute approximate surface area is 112 Å². The lowest BCUT2D eigenvalue weighted by Crippen LogP contribution is -2.32. The van der Waals surface area contributed by atoms with Crippen molar-refractivity contribution in [2.24, 2.45) is 5.41 Å². The molecule has 1 amide bonds. The Hall–Kier alpha value is -0.280. The van der Waals surface area contributed by atoms with Crippen molar-refractivity contribution in [1.82, 2.24) is 10.2 Å². The van der Waals surface area contributed by atoms with Crippen LogP contribution in [0.15, 0.2) is 0 Å². The van der Waals surface area contributed by atoms with Crippen LogP contribution in [0.5, 0.6) is 0 Å². The minimum atomic E-state index is 0. The van der Waals surface area contributed by atoms with Gasteiger partial charge in [0.2, 0.25) is 5.91 Å². The normalized spacial score (nSPS) is 19.4. The SMILES string of the molecule is CNCCCC(=O)N1CCCC(C)(C)CC1.Cl. The first kappa shape index (κ1) is 16.7. The molecular weight excluding hydrogens is 236 g/mol. The highest BCUT2D eigenvalue weighted by Crippen LogP contribution is 2.29. The van der Waals surface area contributed by atoms with Crippen molar-refractivity contribution in [2.75, 3.05) is 26.7 Å². The molecule has 1 fully saturated rings. The van der Waals surface area contributed by atoms with E-state index in [2.05, 4.69) is 24.1 Å². The third kappa shape index (κ3) is 6.27. The number of hydrogen-bond donors (Lipinski definition) is 1. The van der Waals surface area contributed by atoms with Gasteiger partial charge in [0, 0.05) is 19.5 Å². The lowest BCUT2D eigenvalue weighted by atomic mass is 9.85.